The molecule has 0 bridgehead atoms. The number of nitrogens with zero attached hydrogens (tertiary/aromatic N) is 1. The maximum absolute atomic E-state index is 11.2. The highest BCUT2D eigenvalue weighted by molar-refractivity contribution is 5.08. The number of nitro groups is 1. The van der Waals surface area contributed by atoms with Gasteiger partial charge in [-0.1, -0.05) is 12.2 Å². The third-order valence-electron chi connectivity index (χ3n) is 5.46. The molecular formula is C15H24N2O2. The number of hydrogen-bond donors (Lipinski definition) is 1. The van der Waals surface area contributed by atoms with Crippen LogP contribution in [0.1, 0.15) is 46.0 Å². The summed E-state index contributed by atoms with van der Waals surface area (Å²) in [5.41, 5.74) is 0.231. The van der Waals surface area contributed by atoms with Crippen LogP contribution in [0.25, 0.3) is 0 Å². The fraction of sp³-hybridized carbons (Fsp3) is 0.867. The lowest BCUT2D eigenvalue weighted by Gasteiger charge is -2.49. The molecule has 4 heteroatoms. The van der Waals surface area contributed by atoms with E-state index in [2.05, 4.69) is 25.2 Å². The number of fused-ring (bicyclic) bond motifs is 2. The van der Waals surface area contributed by atoms with Gasteiger partial charge in [0.1, 0.15) is 0 Å². The van der Waals surface area contributed by atoms with E-state index in [4.69, 9.17) is 0 Å². The summed E-state index contributed by atoms with van der Waals surface area (Å²) in [6, 6.07) is 0.214. The van der Waals surface area contributed by atoms with Gasteiger partial charge in [0.25, 0.3) is 0 Å². The van der Waals surface area contributed by atoms with Gasteiger partial charge in [0.2, 0.25) is 6.04 Å². The van der Waals surface area contributed by atoms with Crippen molar-refractivity contribution in [3.63, 3.8) is 0 Å². The highest BCUT2D eigenvalue weighted by Gasteiger charge is 2.47. The Labute approximate surface area is 114 Å². The summed E-state index contributed by atoms with van der Waals surface area (Å²) >= 11 is 0. The van der Waals surface area contributed by atoms with Crippen LogP contribution >= 0.6 is 0 Å². The van der Waals surface area contributed by atoms with Crippen molar-refractivity contribution in [3.8, 4) is 0 Å². The van der Waals surface area contributed by atoms with Gasteiger partial charge in [-0.2, -0.15) is 0 Å². The molecule has 0 aromatic heterocycles. The molecule has 5 unspecified atom stereocenters. The Morgan fingerprint density at radius 3 is 2.89 bits per heavy atom. The maximum atomic E-state index is 11.2. The first-order valence-corrected chi connectivity index (χ1v) is 7.54. The molecule has 1 N–H and O–H groups in total. The summed E-state index contributed by atoms with van der Waals surface area (Å²) in [6.07, 6.45) is 9.43. The van der Waals surface area contributed by atoms with Gasteiger partial charge in [-0.25, -0.2) is 0 Å². The summed E-state index contributed by atoms with van der Waals surface area (Å²) in [5, 5.41) is 15.0. The van der Waals surface area contributed by atoms with Gasteiger partial charge in [-0.05, 0) is 51.4 Å². The highest BCUT2D eigenvalue weighted by Crippen LogP contribution is 2.45. The lowest BCUT2D eigenvalue weighted by atomic mass is 9.63. The zero-order valence-electron chi connectivity index (χ0n) is 11.8. The zero-order chi connectivity index (χ0) is 13.6. The minimum absolute atomic E-state index is 0.0400. The molecule has 5 atom stereocenters. The first kappa shape index (κ1) is 13.1. The van der Waals surface area contributed by atoms with Crippen molar-refractivity contribution in [1.29, 1.82) is 0 Å². The van der Waals surface area contributed by atoms with Crippen molar-refractivity contribution in [3.05, 3.63) is 22.3 Å². The lowest BCUT2D eigenvalue weighted by molar-refractivity contribution is -0.535. The van der Waals surface area contributed by atoms with Gasteiger partial charge in [-0.15, -0.1) is 0 Å². The summed E-state index contributed by atoms with van der Waals surface area (Å²) in [7, 11) is 0. The van der Waals surface area contributed by atoms with Gasteiger partial charge in [0.05, 0.1) is 0 Å². The van der Waals surface area contributed by atoms with Crippen molar-refractivity contribution in [2.45, 2.75) is 63.6 Å². The normalized spacial score (nSPS) is 44.2. The number of rotatable bonds is 1. The number of nitrogens with one attached hydrogen (secondary N) is 1. The van der Waals surface area contributed by atoms with Crippen molar-refractivity contribution < 1.29 is 4.92 Å². The molecule has 3 rings (SSSR count). The van der Waals surface area contributed by atoms with Crippen molar-refractivity contribution >= 4 is 0 Å². The first-order chi connectivity index (χ1) is 8.96. The molecule has 2 fully saturated rings. The van der Waals surface area contributed by atoms with E-state index in [9.17, 15) is 10.1 Å². The zero-order valence-corrected chi connectivity index (χ0v) is 11.8. The Balaban J connectivity index is 1.77. The Bertz CT molecular complexity index is 405. The molecule has 1 saturated carbocycles. The Morgan fingerprint density at radius 1 is 1.37 bits per heavy atom. The van der Waals surface area contributed by atoms with Crippen LogP contribution in [0.15, 0.2) is 12.2 Å². The predicted molar refractivity (Wildman–Crippen MR) is 74.5 cm³/mol. The van der Waals surface area contributed by atoms with E-state index in [0.717, 1.165) is 12.8 Å². The smallest absolute Gasteiger partial charge is 0.219 e. The maximum Gasteiger partial charge on any atom is 0.219 e. The second-order valence-electron chi connectivity index (χ2n) is 7.25. The van der Waals surface area contributed by atoms with Gasteiger partial charge in [0.15, 0.2) is 0 Å². The van der Waals surface area contributed by atoms with Crippen LogP contribution in [0.2, 0.25) is 0 Å². The van der Waals surface area contributed by atoms with Crippen LogP contribution in [0.5, 0.6) is 0 Å². The van der Waals surface area contributed by atoms with Crippen molar-refractivity contribution in [2.24, 2.45) is 17.8 Å². The molecule has 1 heterocycles. The molecular weight excluding hydrogens is 240 g/mol. The van der Waals surface area contributed by atoms with Crippen LogP contribution in [-0.4, -0.2) is 22.5 Å². The quantitative estimate of drug-likeness (QED) is 0.450. The van der Waals surface area contributed by atoms with Crippen molar-refractivity contribution in [1.82, 2.24) is 5.32 Å². The van der Waals surface area contributed by atoms with E-state index in [0.29, 0.717) is 24.3 Å². The van der Waals surface area contributed by atoms with Crippen LogP contribution in [-0.2, 0) is 0 Å². The predicted octanol–water partition coefficient (Wildman–Crippen LogP) is 2.76. The van der Waals surface area contributed by atoms with E-state index < -0.39 is 0 Å². The first-order valence-electron chi connectivity index (χ1n) is 7.54. The van der Waals surface area contributed by atoms with Gasteiger partial charge in [-0.3, -0.25) is 10.1 Å². The van der Waals surface area contributed by atoms with Crippen LogP contribution in [0.4, 0.5) is 0 Å². The number of piperidine rings is 1. The molecule has 0 radical (unpaired) electrons. The summed E-state index contributed by atoms with van der Waals surface area (Å²) in [6.45, 7) is 4.54. The minimum Gasteiger partial charge on any atom is -0.309 e. The van der Waals surface area contributed by atoms with Gasteiger partial charge in [0, 0.05) is 28.8 Å². The van der Waals surface area contributed by atoms with Crippen LogP contribution in [0, 0.1) is 27.9 Å². The minimum atomic E-state index is -0.342. The highest BCUT2D eigenvalue weighted by atomic mass is 16.6. The second-order valence-corrected chi connectivity index (χ2v) is 7.25. The molecule has 0 spiro atoms. The van der Waals surface area contributed by atoms with Crippen LogP contribution < -0.4 is 5.32 Å². The average molecular weight is 264 g/mol. The SMILES string of the molecule is CC1(C)CCC2CC3C(C=CCC3[N+](=O)[O-])CC2N1. The average Bonchev–Trinajstić information content (AvgIpc) is 2.34. The molecule has 0 aromatic rings. The third kappa shape index (κ3) is 2.42. The fourth-order valence-electron chi connectivity index (χ4n) is 4.44. The van der Waals surface area contributed by atoms with Crippen LogP contribution in [0.3, 0.4) is 0 Å². The Hall–Kier alpha value is -0.900. The molecule has 3 aliphatic rings. The molecule has 1 aliphatic heterocycles. The lowest BCUT2D eigenvalue weighted by Crippen LogP contribution is -2.58. The largest absolute Gasteiger partial charge is 0.309 e. The van der Waals surface area contributed by atoms with E-state index in [1.54, 1.807) is 0 Å². The molecule has 0 amide bonds. The van der Waals surface area contributed by atoms with Gasteiger partial charge < -0.3 is 5.32 Å². The standard InChI is InChI=1S/C15H24N2O2/c1-15(2)7-6-11-8-12-10(9-13(11)16-15)4-3-5-14(12)17(18)19/h3-4,10-14,16H,5-9H2,1-2H3. The third-order valence-corrected chi connectivity index (χ3v) is 5.46. The van der Waals surface area contributed by atoms with Gasteiger partial charge >= 0.3 is 0 Å². The molecule has 0 aromatic carbocycles. The van der Waals surface area contributed by atoms with E-state index >= 15 is 0 Å². The van der Waals surface area contributed by atoms with Crippen molar-refractivity contribution in [2.75, 3.05) is 0 Å². The molecule has 4 nitrogen and oxygen atoms in total. The van der Waals surface area contributed by atoms with E-state index in [-0.39, 0.29) is 22.4 Å². The summed E-state index contributed by atoms with van der Waals surface area (Å²) < 4.78 is 0. The monoisotopic (exact) mass is 264 g/mol. The number of hydrogen-bond acceptors (Lipinski definition) is 3. The summed E-state index contributed by atoms with van der Waals surface area (Å²) in [4.78, 5) is 11.2. The second kappa shape index (κ2) is 4.58. The molecule has 1 saturated heterocycles. The Kier molecular flexibility index (Phi) is 3.16. The Morgan fingerprint density at radius 2 is 2.16 bits per heavy atom. The summed E-state index contributed by atoms with van der Waals surface area (Å²) in [5.74, 6) is 1.32. The molecule has 106 valence electrons. The van der Waals surface area contributed by atoms with E-state index in [1.807, 2.05) is 6.08 Å². The number of allylic oxidation sites excluding steroid dienone is 1. The molecule has 2 aliphatic carbocycles. The molecule has 19 heavy (non-hydrogen) atoms. The van der Waals surface area contributed by atoms with E-state index in [1.165, 1.54) is 12.8 Å². The topological polar surface area (TPSA) is 55.2 Å². The fourth-order valence-corrected chi connectivity index (χ4v) is 4.44.